The van der Waals surface area contributed by atoms with E-state index in [4.69, 9.17) is 0 Å². The molecule has 0 radical (unpaired) electrons. The number of aryl methyl sites for hydroxylation is 1. The van der Waals surface area contributed by atoms with Gasteiger partial charge in [-0.1, -0.05) is 6.08 Å². The van der Waals surface area contributed by atoms with E-state index >= 15 is 0 Å². The lowest BCUT2D eigenvalue weighted by molar-refractivity contribution is -0.126. The Hall–Kier alpha value is -2.70. The molecule has 1 aliphatic heterocycles. The Kier molecular flexibility index (Phi) is 4.36. The number of allylic oxidation sites excluding steroid dienone is 1. The molecule has 0 unspecified atom stereocenters. The summed E-state index contributed by atoms with van der Waals surface area (Å²) in [5.74, 6) is 2.54. The number of piperazine rings is 1. The van der Waals surface area contributed by atoms with Gasteiger partial charge in [-0.25, -0.2) is 4.98 Å². The van der Waals surface area contributed by atoms with Crippen molar-refractivity contribution < 1.29 is 4.79 Å². The van der Waals surface area contributed by atoms with Gasteiger partial charge in [-0.05, 0) is 32.1 Å². The van der Waals surface area contributed by atoms with Crippen molar-refractivity contribution in [2.24, 2.45) is 0 Å². The molecule has 0 bridgehead atoms. The molecule has 0 N–H and O–H groups in total. The lowest BCUT2D eigenvalue weighted by Gasteiger charge is -2.34. The van der Waals surface area contributed by atoms with Crippen LogP contribution in [0.15, 0.2) is 36.7 Å². The van der Waals surface area contributed by atoms with Crippen molar-refractivity contribution in [2.75, 3.05) is 31.1 Å². The van der Waals surface area contributed by atoms with E-state index in [2.05, 4.69) is 20.1 Å². The SMILES string of the molecule is C/C=C/C(=O)N1CCN(c2ccc(-n3ccnc3C)nn2)CC1. The third kappa shape index (κ3) is 3.23. The molecule has 0 atom stereocenters. The van der Waals surface area contributed by atoms with Crippen LogP contribution in [0.25, 0.3) is 5.82 Å². The van der Waals surface area contributed by atoms with E-state index in [-0.39, 0.29) is 5.91 Å². The summed E-state index contributed by atoms with van der Waals surface area (Å²) >= 11 is 0. The highest BCUT2D eigenvalue weighted by Gasteiger charge is 2.20. The van der Waals surface area contributed by atoms with Gasteiger partial charge in [-0.3, -0.25) is 9.36 Å². The molecule has 1 aliphatic rings. The molecular formula is C16H20N6O. The van der Waals surface area contributed by atoms with Gasteiger partial charge in [0.25, 0.3) is 0 Å². The minimum Gasteiger partial charge on any atom is -0.352 e. The summed E-state index contributed by atoms with van der Waals surface area (Å²) in [6.45, 7) is 6.72. The number of carbonyl (C=O) groups excluding carboxylic acids is 1. The van der Waals surface area contributed by atoms with Crippen molar-refractivity contribution in [1.29, 1.82) is 0 Å². The van der Waals surface area contributed by atoms with Crippen LogP contribution in [0.4, 0.5) is 5.82 Å². The zero-order valence-corrected chi connectivity index (χ0v) is 13.4. The van der Waals surface area contributed by atoms with E-state index in [1.54, 1.807) is 18.3 Å². The molecular weight excluding hydrogens is 292 g/mol. The zero-order chi connectivity index (χ0) is 16.2. The number of rotatable bonds is 3. The zero-order valence-electron chi connectivity index (χ0n) is 13.4. The van der Waals surface area contributed by atoms with E-state index in [1.807, 2.05) is 41.6 Å². The molecule has 2 aromatic rings. The monoisotopic (exact) mass is 312 g/mol. The Bertz CT molecular complexity index is 698. The third-order valence-corrected chi connectivity index (χ3v) is 3.93. The van der Waals surface area contributed by atoms with E-state index in [9.17, 15) is 4.79 Å². The van der Waals surface area contributed by atoms with Crippen LogP contribution < -0.4 is 4.90 Å². The predicted octanol–water partition coefficient (Wildman–Crippen LogP) is 1.20. The van der Waals surface area contributed by atoms with Crippen molar-refractivity contribution >= 4 is 11.7 Å². The molecule has 1 fully saturated rings. The molecule has 3 rings (SSSR count). The third-order valence-electron chi connectivity index (χ3n) is 3.93. The summed E-state index contributed by atoms with van der Waals surface area (Å²) < 4.78 is 1.89. The molecule has 0 spiro atoms. The maximum Gasteiger partial charge on any atom is 0.246 e. The summed E-state index contributed by atoms with van der Waals surface area (Å²) in [4.78, 5) is 20.0. The normalized spacial score (nSPS) is 15.4. The number of anilines is 1. The fraction of sp³-hybridized carbons (Fsp3) is 0.375. The van der Waals surface area contributed by atoms with Gasteiger partial charge in [0.15, 0.2) is 11.6 Å². The van der Waals surface area contributed by atoms with Gasteiger partial charge in [0, 0.05) is 38.6 Å². The molecule has 1 saturated heterocycles. The summed E-state index contributed by atoms with van der Waals surface area (Å²) in [6, 6.07) is 3.90. The first-order valence-electron chi connectivity index (χ1n) is 7.69. The molecule has 1 amide bonds. The lowest BCUT2D eigenvalue weighted by Crippen LogP contribution is -2.48. The topological polar surface area (TPSA) is 67.2 Å². The smallest absolute Gasteiger partial charge is 0.246 e. The van der Waals surface area contributed by atoms with Gasteiger partial charge >= 0.3 is 0 Å². The van der Waals surface area contributed by atoms with Crippen LogP contribution >= 0.6 is 0 Å². The summed E-state index contributed by atoms with van der Waals surface area (Å²) in [7, 11) is 0. The van der Waals surface area contributed by atoms with E-state index < -0.39 is 0 Å². The van der Waals surface area contributed by atoms with Crippen LogP contribution in [0.1, 0.15) is 12.7 Å². The molecule has 7 nitrogen and oxygen atoms in total. The van der Waals surface area contributed by atoms with Gasteiger partial charge < -0.3 is 9.80 Å². The minimum atomic E-state index is 0.0733. The number of hydrogen-bond acceptors (Lipinski definition) is 5. The Morgan fingerprint density at radius 2 is 1.83 bits per heavy atom. The Balaban J connectivity index is 1.65. The van der Waals surface area contributed by atoms with Crippen molar-refractivity contribution in [1.82, 2.24) is 24.6 Å². The second kappa shape index (κ2) is 6.60. The van der Waals surface area contributed by atoms with Gasteiger partial charge in [0.1, 0.15) is 5.82 Å². The van der Waals surface area contributed by atoms with Crippen LogP contribution in [0.3, 0.4) is 0 Å². The van der Waals surface area contributed by atoms with Crippen molar-refractivity contribution in [3.05, 3.63) is 42.5 Å². The fourth-order valence-corrected chi connectivity index (χ4v) is 2.64. The van der Waals surface area contributed by atoms with Crippen molar-refractivity contribution in [3.63, 3.8) is 0 Å². The van der Waals surface area contributed by atoms with Crippen molar-refractivity contribution in [2.45, 2.75) is 13.8 Å². The van der Waals surface area contributed by atoms with Crippen LogP contribution in [0, 0.1) is 6.92 Å². The standard InChI is InChI=1S/C16H20N6O/c1-3-4-16(23)21-11-9-20(10-12-21)14-5-6-15(19-18-14)22-8-7-17-13(22)2/h3-8H,9-12H2,1-2H3/b4-3+. The van der Waals surface area contributed by atoms with Crippen LogP contribution in [-0.4, -0.2) is 56.7 Å². The molecule has 0 aromatic carbocycles. The van der Waals surface area contributed by atoms with Crippen molar-refractivity contribution in [3.8, 4) is 5.82 Å². The molecule has 3 heterocycles. The first-order chi connectivity index (χ1) is 11.2. The minimum absolute atomic E-state index is 0.0733. The first kappa shape index (κ1) is 15.2. The maximum atomic E-state index is 11.8. The Morgan fingerprint density at radius 1 is 1.13 bits per heavy atom. The molecule has 120 valence electrons. The number of aromatic nitrogens is 4. The Morgan fingerprint density at radius 3 is 2.39 bits per heavy atom. The highest BCUT2D eigenvalue weighted by atomic mass is 16.2. The predicted molar refractivity (Wildman–Crippen MR) is 87.5 cm³/mol. The summed E-state index contributed by atoms with van der Waals surface area (Å²) in [6.07, 6.45) is 6.99. The number of amides is 1. The van der Waals surface area contributed by atoms with E-state index in [0.29, 0.717) is 13.1 Å². The fourth-order valence-electron chi connectivity index (χ4n) is 2.64. The van der Waals surface area contributed by atoms with Crippen LogP contribution in [0.2, 0.25) is 0 Å². The van der Waals surface area contributed by atoms with Gasteiger partial charge in [0.05, 0.1) is 0 Å². The molecule has 2 aromatic heterocycles. The second-order valence-electron chi connectivity index (χ2n) is 5.41. The van der Waals surface area contributed by atoms with Crippen LogP contribution in [-0.2, 0) is 4.79 Å². The molecule has 7 heteroatoms. The van der Waals surface area contributed by atoms with E-state index in [1.165, 1.54) is 0 Å². The highest BCUT2D eigenvalue weighted by Crippen LogP contribution is 2.15. The van der Waals surface area contributed by atoms with Gasteiger partial charge in [0.2, 0.25) is 5.91 Å². The lowest BCUT2D eigenvalue weighted by atomic mass is 10.3. The maximum absolute atomic E-state index is 11.8. The number of hydrogen-bond donors (Lipinski definition) is 0. The number of imidazole rings is 1. The second-order valence-corrected chi connectivity index (χ2v) is 5.41. The van der Waals surface area contributed by atoms with Crippen LogP contribution in [0.5, 0.6) is 0 Å². The molecule has 0 aliphatic carbocycles. The summed E-state index contributed by atoms with van der Waals surface area (Å²) in [5.41, 5.74) is 0. The average molecular weight is 312 g/mol. The average Bonchev–Trinajstić information content (AvgIpc) is 3.01. The van der Waals surface area contributed by atoms with Gasteiger partial charge in [-0.15, -0.1) is 10.2 Å². The molecule has 0 saturated carbocycles. The number of nitrogens with zero attached hydrogens (tertiary/aromatic N) is 6. The van der Waals surface area contributed by atoms with E-state index in [0.717, 1.165) is 30.5 Å². The largest absolute Gasteiger partial charge is 0.352 e. The first-order valence-corrected chi connectivity index (χ1v) is 7.69. The summed E-state index contributed by atoms with van der Waals surface area (Å²) in [5, 5.41) is 8.60. The van der Waals surface area contributed by atoms with Gasteiger partial charge in [-0.2, -0.15) is 0 Å². The quantitative estimate of drug-likeness (QED) is 0.797. The Labute approximate surface area is 135 Å². The number of carbonyl (C=O) groups is 1. The molecule has 23 heavy (non-hydrogen) atoms. The highest BCUT2D eigenvalue weighted by molar-refractivity contribution is 5.87.